The summed E-state index contributed by atoms with van der Waals surface area (Å²) in [6, 6.07) is 3.01. The van der Waals surface area contributed by atoms with Crippen LogP contribution in [0.5, 0.6) is 5.75 Å². The van der Waals surface area contributed by atoms with Gasteiger partial charge in [0, 0.05) is 6.54 Å². The molecule has 2 aromatic heterocycles. The van der Waals surface area contributed by atoms with Crippen LogP contribution >= 0.6 is 0 Å². The third-order valence-corrected chi connectivity index (χ3v) is 3.62. The molecule has 2 heterocycles. The highest BCUT2D eigenvalue weighted by Gasteiger charge is 2.26. The molecule has 0 aliphatic rings. The van der Waals surface area contributed by atoms with Gasteiger partial charge in [-0.2, -0.15) is 5.10 Å². The van der Waals surface area contributed by atoms with Crippen molar-refractivity contribution in [2.75, 3.05) is 0 Å². The average Bonchev–Trinajstić information content (AvgIpc) is 2.90. The molecule has 0 amide bonds. The molecule has 126 valence electrons. The number of benzene rings is 1. The first-order chi connectivity index (χ1) is 11.4. The van der Waals surface area contributed by atoms with E-state index in [0.29, 0.717) is 0 Å². The van der Waals surface area contributed by atoms with Crippen LogP contribution in [0.3, 0.4) is 0 Å². The standard InChI is InChI=1S/C15H11F4N3O2/c1-2-22-15-9(11(21-22)14(18)19)12(23)13(24)10(20-15)8-6(16)4-3-5-7(8)17/h3-5,14,24H,2H2,1H3,(H,20,23). The Kier molecular flexibility index (Phi) is 3.78. The Morgan fingerprint density at radius 2 is 1.92 bits per heavy atom. The first kappa shape index (κ1) is 16.0. The van der Waals surface area contributed by atoms with E-state index in [9.17, 15) is 27.5 Å². The highest BCUT2D eigenvalue weighted by Crippen LogP contribution is 2.33. The Morgan fingerprint density at radius 1 is 1.29 bits per heavy atom. The quantitative estimate of drug-likeness (QED) is 0.718. The highest BCUT2D eigenvalue weighted by atomic mass is 19.3. The van der Waals surface area contributed by atoms with Gasteiger partial charge in [-0.15, -0.1) is 0 Å². The summed E-state index contributed by atoms with van der Waals surface area (Å²) in [6.45, 7) is 1.72. The number of pyridine rings is 1. The van der Waals surface area contributed by atoms with Crippen molar-refractivity contribution < 1.29 is 22.7 Å². The van der Waals surface area contributed by atoms with E-state index >= 15 is 0 Å². The minimum Gasteiger partial charge on any atom is -0.503 e. The van der Waals surface area contributed by atoms with Crippen LogP contribution in [0.4, 0.5) is 17.6 Å². The van der Waals surface area contributed by atoms with Crippen LogP contribution in [0.25, 0.3) is 22.3 Å². The van der Waals surface area contributed by atoms with Gasteiger partial charge in [0.2, 0.25) is 5.43 Å². The van der Waals surface area contributed by atoms with Gasteiger partial charge in [0.05, 0.1) is 16.6 Å². The van der Waals surface area contributed by atoms with Crippen LogP contribution in [0, 0.1) is 11.6 Å². The third-order valence-electron chi connectivity index (χ3n) is 3.62. The number of fused-ring (bicyclic) bond motifs is 1. The second kappa shape index (κ2) is 5.66. The van der Waals surface area contributed by atoms with Crippen LogP contribution < -0.4 is 5.43 Å². The van der Waals surface area contributed by atoms with Crippen LogP contribution in [-0.4, -0.2) is 19.9 Å². The summed E-state index contributed by atoms with van der Waals surface area (Å²) in [6.07, 6.45) is -3.04. The number of H-pyrrole nitrogens is 1. The van der Waals surface area contributed by atoms with Crippen molar-refractivity contribution in [2.24, 2.45) is 0 Å². The van der Waals surface area contributed by atoms with E-state index in [1.165, 1.54) is 0 Å². The number of rotatable bonds is 3. The third kappa shape index (κ3) is 2.24. The topological polar surface area (TPSA) is 70.9 Å². The summed E-state index contributed by atoms with van der Waals surface area (Å²) in [5.41, 5.74) is -3.30. The average molecular weight is 341 g/mol. The number of aromatic amines is 1. The summed E-state index contributed by atoms with van der Waals surface area (Å²) in [7, 11) is 0. The number of nitrogens with zero attached hydrogens (tertiary/aromatic N) is 2. The van der Waals surface area contributed by atoms with Gasteiger partial charge in [-0.1, -0.05) is 6.07 Å². The molecule has 1 aromatic carbocycles. The molecule has 0 radical (unpaired) electrons. The molecule has 0 bridgehead atoms. The normalized spacial score (nSPS) is 11.6. The maximum absolute atomic E-state index is 13.9. The maximum Gasteiger partial charge on any atom is 0.282 e. The van der Waals surface area contributed by atoms with Crippen molar-refractivity contribution >= 4 is 11.0 Å². The number of hydrogen-bond acceptors (Lipinski definition) is 3. The van der Waals surface area contributed by atoms with Crippen molar-refractivity contribution in [2.45, 2.75) is 19.9 Å². The van der Waals surface area contributed by atoms with E-state index in [4.69, 9.17) is 0 Å². The smallest absolute Gasteiger partial charge is 0.282 e. The van der Waals surface area contributed by atoms with Crippen LogP contribution in [0.15, 0.2) is 23.0 Å². The molecule has 3 aromatic rings. The number of halogens is 4. The van der Waals surface area contributed by atoms with Gasteiger partial charge in [-0.3, -0.25) is 4.79 Å². The monoisotopic (exact) mass is 341 g/mol. The van der Waals surface area contributed by atoms with Gasteiger partial charge in [0.25, 0.3) is 6.43 Å². The fraction of sp³-hybridized carbons (Fsp3) is 0.200. The molecule has 0 spiro atoms. The van der Waals surface area contributed by atoms with E-state index in [2.05, 4.69) is 10.1 Å². The molecule has 0 saturated heterocycles. The molecule has 2 N–H and O–H groups in total. The number of alkyl halides is 2. The summed E-state index contributed by atoms with van der Waals surface area (Å²) >= 11 is 0. The maximum atomic E-state index is 13.9. The number of aryl methyl sites for hydroxylation is 1. The van der Waals surface area contributed by atoms with Gasteiger partial charge in [-0.05, 0) is 19.1 Å². The van der Waals surface area contributed by atoms with Crippen molar-refractivity contribution in [1.82, 2.24) is 14.8 Å². The molecule has 0 fully saturated rings. The Morgan fingerprint density at radius 3 is 2.46 bits per heavy atom. The molecule has 24 heavy (non-hydrogen) atoms. The number of hydrogen-bond donors (Lipinski definition) is 2. The van der Waals surface area contributed by atoms with Crippen molar-refractivity contribution in [3.8, 4) is 17.0 Å². The zero-order valence-corrected chi connectivity index (χ0v) is 12.3. The van der Waals surface area contributed by atoms with E-state index in [-0.39, 0.29) is 12.2 Å². The number of aromatic nitrogens is 3. The lowest BCUT2D eigenvalue weighted by Gasteiger charge is -2.09. The molecule has 0 atom stereocenters. The molecule has 9 heteroatoms. The first-order valence-corrected chi connectivity index (χ1v) is 6.95. The van der Waals surface area contributed by atoms with Crippen molar-refractivity contribution in [1.29, 1.82) is 0 Å². The summed E-state index contributed by atoms with van der Waals surface area (Å²) in [4.78, 5) is 14.8. The summed E-state index contributed by atoms with van der Waals surface area (Å²) < 4.78 is 55.1. The van der Waals surface area contributed by atoms with Gasteiger partial charge < -0.3 is 10.1 Å². The van der Waals surface area contributed by atoms with Crippen molar-refractivity contribution in [3.63, 3.8) is 0 Å². The number of nitrogens with one attached hydrogen (secondary N) is 1. The van der Waals surface area contributed by atoms with Crippen LogP contribution in [0.2, 0.25) is 0 Å². The Balaban J connectivity index is 2.45. The summed E-state index contributed by atoms with van der Waals surface area (Å²) in [5.74, 6) is -3.09. The molecule has 0 unspecified atom stereocenters. The Labute approximate surface area is 132 Å². The first-order valence-electron chi connectivity index (χ1n) is 6.95. The molecule has 0 saturated carbocycles. The van der Waals surface area contributed by atoms with Crippen molar-refractivity contribution in [3.05, 3.63) is 45.8 Å². The second-order valence-corrected chi connectivity index (χ2v) is 5.00. The fourth-order valence-corrected chi connectivity index (χ4v) is 2.54. The van der Waals surface area contributed by atoms with E-state index in [1.807, 2.05) is 0 Å². The SMILES string of the molecule is CCn1nc(C(F)F)c2c(=O)c(O)c(-c3c(F)cccc3F)[nH]c21. The lowest BCUT2D eigenvalue weighted by molar-refractivity contribution is 0.146. The molecule has 0 aliphatic heterocycles. The number of aromatic hydroxyl groups is 1. The van der Waals surface area contributed by atoms with E-state index in [1.54, 1.807) is 6.92 Å². The molecule has 0 aliphatic carbocycles. The Hall–Kier alpha value is -2.84. The van der Waals surface area contributed by atoms with Gasteiger partial charge in [-0.25, -0.2) is 22.2 Å². The zero-order valence-electron chi connectivity index (χ0n) is 12.3. The van der Waals surface area contributed by atoms with Gasteiger partial charge in [0.1, 0.15) is 23.0 Å². The highest BCUT2D eigenvalue weighted by molar-refractivity contribution is 5.85. The summed E-state index contributed by atoms with van der Waals surface area (Å²) in [5, 5.41) is 13.1. The predicted octanol–water partition coefficient (Wildman–Crippen LogP) is 3.33. The molecular weight excluding hydrogens is 330 g/mol. The van der Waals surface area contributed by atoms with E-state index < -0.39 is 51.6 Å². The minimum atomic E-state index is -3.04. The van der Waals surface area contributed by atoms with Gasteiger partial charge >= 0.3 is 0 Å². The molecule has 3 rings (SSSR count). The van der Waals surface area contributed by atoms with Crippen LogP contribution in [0.1, 0.15) is 19.0 Å². The largest absolute Gasteiger partial charge is 0.503 e. The zero-order chi connectivity index (χ0) is 17.6. The minimum absolute atomic E-state index is 0.128. The molecule has 5 nitrogen and oxygen atoms in total. The second-order valence-electron chi connectivity index (χ2n) is 5.00. The lowest BCUT2D eigenvalue weighted by Crippen LogP contribution is -2.08. The Bertz CT molecular complexity index is 974. The van der Waals surface area contributed by atoms with Crippen LogP contribution in [-0.2, 0) is 6.54 Å². The lowest BCUT2D eigenvalue weighted by atomic mass is 10.1. The van der Waals surface area contributed by atoms with E-state index in [0.717, 1.165) is 22.9 Å². The fourth-order valence-electron chi connectivity index (χ4n) is 2.54. The van der Waals surface area contributed by atoms with Gasteiger partial charge in [0.15, 0.2) is 5.75 Å². The molecular formula is C15H11F4N3O2. The predicted molar refractivity (Wildman–Crippen MR) is 78.0 cm³/mol.